The second-order valence-corrected chi connectivity index (χ2v) is 6.20. The van der Waals surface area contributed by atoms with Gasteiger partial charge in [-0.15, -0.1) is 0 Å². The van der Waals surface area contributed by atoms with Gasteiger partial charge >= 0.3 is 0 Å². The lowest BCUT2D eigenvalue weighted by molar-refractivity contribution is 0.0951. The lowest BCUT2D eigenvalue weighted by atomic mass is 10.1. The molecule has 0 aliphatic carbocycles. The number of nitrogens with one attached hydrogen (secondary N) is 1. The van der Waals surface area contributed by atoms with Crippen molar-refractivity contribution in [3.05, 3.63) is 58.6 Å². The highest BCUT2D eigenvalue weighted by Crippen LogP contribution is 2.29. The van der Waals surface area contributed by atoms with Crippen molar-refractivity contribution in [2.24, 2.45) is 0 Å². The van der Waals surface area contributed by atoms with Crippen LogP contribution in [-0.4, -0.2) is 30.1 Å². The van der Waals surface area contributed by atoms with E-state index in [0.29, 0.717) is 12.1 Å². The largest absolute Gasteiger partial charge is 0.506 e. The van der Waals surface area contributed by atoms with Gasteiger partial charge < -0.3 is 15.3 Å². The highest BCUT2D eigenvalue weighted by atomic mass is 35.5. The van der Waals surface area contributed by atoms with Crippen LogP contribution in [0.3, 0.4) is 0 Å². The third kappa shape index (κ3) is 3.27. The highest BCUT2D eigenvalue weighted by molar-refractivity contribution is 6.32. The molecule has 1 heterocycles. The summed E-state index contributed by atoms with van der Waals surface area (Å²) in [6, 6.07) is 13.0. The molecule has 0 unspecified atom stereocenters. The number of carbonyl (C=O) groups is 1. The summed E-state index contributed by atoms with van der Waals surface area (Å²) < 4.78 is 0. The van der Waals surface area contributed by atoms with Gasteiger partial charge in [0.2, 0.25) is 0 Å². The number of para-hydroxylation sites is 1. The molecule has 1 atom stereocenters. The summed E-state index contributed by atoms with van der Waals surface area (Å²) >= 11 is 5.84. The van der Waals surface area contributed by atoms with Gasteiger partial charge in [0.05, 0.1) is 5.02 Å². The van der Waals surface area contributed by atoms with Gasteiger partial charge in [-0.2, -0.15) is 0 Å². The summed E-state index contributed by atoms with van der Waals surface area (Å²) in [4.78, 5) is 14.5. The summed E-state index contributed by atoms with van der Waals surface area (Å²) in [7, 11) is 0. The molecule has 0 saturated carbocycles. The summed E-state index contributed by atoms with van der Waals surface area (Å²) in [6.45, 7) is 3.62. The first-order valence-corrected chi connectivity index (χ1v) is 8.05. The van der Waals surface area contributed by atoms with Gasteiger partial charge in [-0.25, -0.2) is 0 Å². The Balaban J connectivity index is 1.62. The molecule has 2 aromatic rings. The number of aromatic hydroxyl groups is 1. The highest BCUT2D eigenvalue weighted by Gasteiger charge is 2.23. The Morgan fingerprint density at radius 2 is 2.13 bits per heavy atom. The Bertz CT molecular complexity index is 733. The van der Waals surface area contributed by atoms with Gasteiger partial charge in [0.25, 0.3) is 5.91 Å². The molecular formula is C18H19ClN2O2. The van der Waals surface area contributed by atoms with Crippen LogP contribution in [0.15, 0.2) is 42.5 Å². The average molecular weight is 331 g/mol. The summed E-state index contributed by atoms with van der Waals surface area (Å²) in [6.07, 6.45) is 1.04. The van der Waals surface area contributed by atoms with Crippen molar-refractivity contribution in [3.63, 3.8) is 0 Å². The standard InChI is InChI=1S/C18H19ClN2O2/c1-12(21-9-8-13-4-2-3-5-16(13)21)11-20-18(23)14-6-7-17(22)15(19)10-14/h2-7,10,12,22H,8-9,11H2,1H3,(H,20,23)/t12-/m0/s1. The first kappa shape index (κ1) is 15.7. The summed E-state index contributed by atoms with van der Waals surface area (Å²) in [5.74, 6) is -0.212. The zero-order valence-corrected chi connectivity index (χ0v) is 13.7. The Morgan fingerprint density at radius 1 is 1.35 bits per heavy atom. The first-order chi connectivity index (χ1) is 11.1. The molecule has 120 valence electrons. The fraction of sp³-hybridized carbons (Fsp3) is 0.278. The van der Waals surface area contributed by atoms with E-state index >= 15 is 0 Å². The molecule has 0 bridgehead atoms. The molecular weight excluding hydrogens is 312 g/mol. The third-order valence-electron chi connectivity index (χ3n) is 4.22. The molecule has 1 amide bonds. The monoisotopic (exact) mass is 330 g/mol. The average Bonchev–Trinajstić information content (AvgIpc) is 2.99. The van der Waals surface area contributed by atoms with Crippen LogP contribution in [0.25, 0.3) is 0 Å². The minimum atomic E-state index is -0.189. The SMILES string of the molecule is C[C@@H](CNC(=O)c1ccc(O)c(Cl)c1)N1CCc2ccccc21. The molecule has 1 aliphatic heterocycles. The summed E-state index contributed by atoms with van der Waals surface area (Å²) in [5.41, 5.74) is 3.06. The number of phenolic OH excluding ortho intramolecular Hbond substituents is 1. The molecule has 0 radical (unpaired) electrons. The van der Waals surface area contributed by atoms with E-state index in [1.54, 1.807) is 6.07 Å². The van der Waals surface area contributed by atoms with Crippen LogP contribution in [0.1, 0.15) is 22.8 Å². The molecule has 2 aromatic carbocycles. The number of anilines is 1. The normalized spacial score (nSPS) is 14.4. The van der Waals surface area contributed by atoms with Crippen molar-refractivity contribution in [2.75, 3.05) is 18.0 Å². The molecule has 1 aliphatic rings. The van der Waals surface area contributed by atoms with E-state index in [1.807, 2.05) is 6.07 Å². The van der Waals surface area contributed by atoms with E-state index in [9.17, 15) is 9.90 Å². The van der Waals surface area contributed by atoms with Gasteiger partial charge in [-0.3, -0.25) is 4.79 Å². The van der Waals surface area contributed by atoms with Crippen molar-refractivity contribution >= 4 is 23.2 Å². The number of phenols is 1. The van der Waals surface area contributed by atoms with E-state index in [1.165, 1.54) is 23.4 Å². The lowest BCUT2D eigenvalue weighted by Gasteiger charge is -2.27. The van der Waals surface area contributed by atoms with E-state index in [0.717, 1.165) is 13.0 Å². The van der Waals surface area contributed by atoms with Gasteiger partial charge in [-0.05, 0) is 43.2 Å². The molecule has 0 fully saturated rings. The van der Waals surface area contributed by atoms with Crippen LogP contribution in [0.5, 0.6) is 5.75 Å². The predicted molar refractivity (Wildman–Crippen MR) is 92.4 cm³/mol. The molecule has 0 spiro atoms. The maximum absolute atomic E-state index is 12.2. The van der Waals surface area contributed by atoms with E-state index in [2.05, 4.69) is 35.3 Å². The van der Waals surface area contributed by atoms with Gasteiger partial charge in [0, 0.05) is 30.4 Å². The Morgan fingerprint density at radius 3 is 2.91 bits per heavy atom. The zero-order valence-electron chi connectivity index (χ0n) is 12.9. The topological polar surface area (TPSA) is 52.6 Å². The fourth-order valence-electron chi connectivity index (χ4n) is 2.92. The van der Waals surface area contributed by atoms with Crippen LogP contribution in [0.4, 0.5) is 5.69 Å². The fourth-order valence-corrected chi connectivity index (χ4v) is 3.10. The number of halogens is 1. The third-order valence-corrected chi connectivity index (χ3v) is 4.53. The quantitative estimate of drug-likeness (QED) is 0.905. The van der Waals surface area contributed by atoms with Crippen molar-refractivity contribution in [1.29, 1.82) is 0 Å². The molecule has 2 N–H and O–H groups in total. The minimum Gasteiger partial charge on any atom is -0.506 e. The van der Waals surface area contributed by atoms with Crippen molar-refractivity contribution in [2.45, 2.75) is 19.4 Å². The van der Waals surface area contributed by atoms with E-state index in [-0.39, 0.29) is 22.7 Å². The van der Waals surface area contributed by atoms with E-state index < -0.39 is 0 Å². The van der Waals surface area contributed by atoms with Crippen molar-refractivity contribution in [3.8, 4) is 5.75 Å². The number of nitrogens with zero attached hydrogens (tertiary/aromatic N) is 1. The van der Waals surface area contributed by atoms with Crippen molar-refractivity contribution < 1.29 is 9.90 Å². The molecule has 0 saturated heterocycles. The minimum absolute atomic E-state index is 0.0229. The van der Waals surface area contributed by atoms with Crippen LogP contribution in [0.2, 0.25) is 5.02 Å². The summed E-state index contributed by atoms with van der Waals surface area (Å²) in [5, 5.41) is 12.5. The van der Waals surface area contributed by atoms with Crippen LogP contribution >= 0.6 is 11.6 Å². The molecule has 3 rings (SSSR count). The second-order valence-electron chi connectivity index (χ2n) is 5.80. The number of amides is 1. The molecule has 0 aromatic heterocycles. The van der Waals surface area contributed by atoms with Gasteiger partial charge in [-0.1, -0.05) is 29.8 Å². The Labute approximate surface area is 140 Å². The lowest BCUT2D eigenvalue weighted by Crippen LogP contribution is -2.41. The number of hydrogen-bond donors (Lipinski definition) is 2. The number of benzene rings is 2. The van der Waals surface area contributed by atoms with Gasteiger partial charge in [0.15, 0.2) is 0 Å². The van der Waals surface area contributed by atoms with Crippen molar-refractivity contribution in [1.82, 2.24) is 5.32 Å². The van der Waals surface area contributed by atoms with Crippen LogP contribution < -0.4 is 10.2 Å². The maximum atomic E-state index is 12.2. The second kappa shape index (κ2) is 6.50. The van der Waals surface area contributed by atoms with Crippen LogP contribution in [-0.2, 0) is 6.42 Å². The molecule has 23 heavy (non-hydrogen) atoms. The maximum Gasteiger partial charge on any atom is 0.251 e. The predicted octanol–water partition coefficient (Wildman–Crippen LogP) is 3.23. The molecule has 5 heteroatoms. The Hall–Kier alpha value is -2.20. The number of rotatable bonds is 4. The number of hydrogen-bond acceptors (Lipinski definition) is 3. The zero-order chi connectivity index (χ0) is 16.4. The first-order valence-electron chi connectivity index (χ1n) is 7.67. The smallest absolute Gasteiger partial charge is 0.251 e. The van der Waals surface area contributed by atoms with Gasteiger partial charge in [0.1, 0.15) is 5.75 Å². The van der Waals surface area contributed by atoms with Crippen LogP contribution in [0, 0.1) is 0 Å². The van der Waals surface area contributed by atoms with E-state index in [4.69, 9.17) is 11.6 Å². The number of fused-ring (bicyclic) bond motifs is 1. The molecule has 4 nitrogen and oxygen atoms in total. The number of carbonyl (C=O) groups excluding carboxylic acids is 1. The Kier molecular flexibility index (Phi) is 4.44.